The van der Waals surface area contributed by atoms with Crippen LogP contribution in [-0.2, 0) is 11.2 Å². The van der Waals surface area contributed by atoms with Crippen LogP contribution in [0.2, 0.25) is 0 Å². The molecule has 1 fully saturated rings. The van der Waals surface area contributed by atoms with Crippen molar-refractivity contribution in [1.82, 2.24) is 10.2 Å². The van der Waals surface area contributed by atoms with Gasteiger partial charge in [0.25, 0.3) is 0 Å². The second kappa shape index (κ2) is 2.87. The summed E-state index contributed by atoms with van der Waals surface area (Å²) in [7, 11) is 0. The number of aromatic nitrogens is 2. The van der Waals surface area contributed by atoms with E-state index in [-0.39, 0.29) is 5.97 Å². The van der Waals surface area contributed by atoms with Gasteiger partial charge in [-0.05, 0) is 24.7 Å². The molecule has 2 atom stereocenters. The van der Waals surface area contributed by atoms with Crippen molar-refractivity contribution in [1.29, 1.82) is 0 Å². The molecule has 1 N–H and O–H groups in total. The third-order valence-electron chi connectivity index (χ3n) is 4.15. The van der Waals surface area contributed by atoms with Crippen LogP contribution in [0.25, 0.3) is 0 Å². The summed E-state index contributed by atoms with van der Waals surface area (Å²) in [6.45, 7) is 6.76. The van der Waals surface area contributed by atoms with Crippen LogP contribution >= 0.6 is 0 Å². The van der Waals surface area contributed by atoms with E-state index in [9.17, 15) is 4.79 Å². The van der Waals surface area contributed by atoms with E-state index in [0.717, 1.165) is 17.7 Å². The fraction of sp³-hybridized carbons (Fsp3) is 0.667. The van der Waals surface area contributed by atoms with Crippen molar-refractivity contribution in [3.63, 3.8) is 0 Å². The van der Waals surface area contributed by atoms with E-state index < -0.39 is 0 Å². The lowest BCUT2D eigenvalue weighted by atomic mass is 9.98. The maximum atomic E-state index is 11.7. The van der Waals surface area contributed by atoms with E-state index in [1.807, 2.05) is 6.92 Å². The van der Waals surface area contributed by atoms with Gasteiger partial charge in [-0.2, -0.15) is 5.10 Å². The zero-order chi connectivity index (χ0) is 11.5. The van der Waals surface area contributed by atoms with Gasteiger partial charge in [-0.1, -0.05) is 13.8 Å². The van der Waals surface area contributed by atoms with Gasteiger partial charge in [-0.25, -0.2) is 4.79 Å². The number of aromatic amines is 1. The first-order chi connectivity index (χ1) is 7.57. The summed E-state index contributed by atoms with van der Waals surface area (Å²) >= 11 is 0. The minimum Gasteiger partial charge on any atom is -0.461 e. The van der Waals surface area contributed by atoms with Crippen molar-refractivity contribution < 1.29 is 9.53 Å². The first-order valence-electron chi connectivity index (χ1n) is 5.81. The lowest BCUT2D eigenvalue weighted by Crippen LogP contribution is -2.09. The Hall–Kier alpha value is -1.32. The number of hydrogen-bond acceptors (Lipinski definition) is 3. The van der Waals surface area contributed by atoms with Crippen molar-refractivity contribution in [2.45, 2.75) is 33.1 Å². The molecule has 0 aromatic carbocycles. The van der Waals surface area contributed by atoms with Crippen LogP contribution in [0.15, 0.2) is 0 Å². The number of carbonyl (C=O) groups is 1. The summed E-state index contributed by atoms with van der Waals surface area (Å²) in [5.41, 5.74) is 3.12. The monoisotopic (exact) mass is 220 g/mol. The minimum absolute atomic E-state index is 0.268. The number of nitrogens with zero attached hydrogens (tertiary/aromatic N) is 1. The average molecular weight is 220 g/mol. The highest BCUT2D eigenvalue weighted by Crippen LogP contribution is 2.69. The summed E-state index contributed by atoms with van der Waals surface area (Å²) in [4.78, 5) is 11.7. The fourth-order valence-electron chi connectivity index (χ4n) is 3.10. The van der Waals surface area contributed by atoms with Gasteiger partial charge in [0.1, 0.15) is 5.69 Å². The fourth-order valence-corrected chi connectivity index (χ4v) is 3.10. The van der Waals surface area contributed by atoms with Crippen LogP contribution in [0.3, 0.4) is 0 Å². The molecule has 1 heterocycles. The molecule has 16 heavy (non-hydrogen) atoms. The summed E-state index contributed by atoms with van der Waals surface area (Å²) in [6, 6.07) is 0. The number of fused-ring (bicyclic) bond motifs is 3. The molecule has 1 aromatic rings. The predicted octanol–water partition coefficient (Wildman–Crippen LogP) is 1.88. The van der Waals surface area contributed by atoms with E-state index in [2.05, 4.69) is 24.0 Å². The van der Waals surface area contributed by atoms with Crippen LogP contribution in [0.4, 0.5) is 0 Å². The van der Waals surface area contributed by atoms with Gasteiger partial charge in [0, 0.05) is 11.5 Å². The predicted molar refractivity (Wildman–Crippen MR) is 58.3 cm³/mol. The number of rotatable bonds is 2. The molecule has 0 radical (unpaired) electrons. The number of esters is 1. The van der Waals surface area contributed by atoms with Crippen molar-refractivity contribution in [2.75, 3.05) is 6.61 Å². The number of ether oxygens (including phenoxy) is 1. The Labute approximate surface area is 94.4 Å². The minimum atomic E-state index is -0.268. The Bertz CT molecular complexity index is 462. The number of nitrogens with one attached hydrogen (secondary N) is 1. The molecule has 1 saturated carbocycles. The average Bonchev–Trinajstić information content (AvgIpc) is 2.57. The Morgan fingerprint density at radius 3 is 3.06 bits per heavy atom. The molecule has 3 rings (SSSR count). The molecule has 0 bridgehead atoms. The summed E-state index contributed by atoms with van der Waals surface area (Å²) in [6.07, 6.45) is 0.970. The maximum absolute atomic E-state index is 11.7. The molecule has 0 amide bonds. The van der Waals surface area contributed by atoms with Gasteiger partial charge in [0.05, 0.1) is 12.3 Å². The quantitative estimate of drug-likeness (QED) is 0.774. The summed E-state index contributed by atoms with van der Waals surface area (Å²) < 4.78 is 5.00. The van der Waals surface area contributed by atoms with E-state index >= 15 is 0 Å². The standard InChI is InChI=1S/C12H16N2O2/c1-4-16-11(15)10-6-5-7-8(12(7,2)3)9(6)13-14-10/h7-8H,4-5H2,1-3H3,(H,13,14)/t7-,8-/m1/s1. The SMILES string of the molecule is CCOC(=O)c1[nH]nc2c1C[C@@H]1[C@H]2C1(C)C. The maximum Gasteiger partial charge on any atom is 0.356 e. The van der Waals surface area contributed by atoms with Crippen molar-refractivity contribution >= 4 is 5.97 Å². The first-order valence-corrected chi connectivity index (χ1v) is 5.81. The molecular formula is C12H16N2O2. The van der Waals surface area contributed by atoms with E-state index in [1.165, 1.54) is 0 Å². The van der Waals surface area contributed by atoms with Gasteiger partial charge in [0.2, 0.25) is 0 Å². The van der Waals surface area contributed by atoms with Gasteiger partial charge in [0.15, 0.2) is 0 Å². The van der Waals surface area contributed by atoms with Crippen molar-refractivity contribution in [2.24, 2.45) is 11.3 Å². The number of H-pyrrole nitrogens is 1. The molecule has 1 aromatic heterocycles. The molecule has 0 saturated heterocycles. The van der Waals surface area contributed by atoms with Gasteiger partial charge >= 0.3 is 5.97 Å². The van der Waals surface area contributed by atoms with Crippen molar-refractivity contribution in [3.8, 4) is 0 Å². The molecule has 4 nitrogen and oxygen atoms in total. The second-order valence-electron chi connectivity index (χ2n) is 5.29. The largest absolute Gasteiger partial charge is 0.461 e. The smallest absolute Gasteiger partial charge is 0.356 e. The molecular weight excluding hydrogens is 204 g/mol. The molecule has 0 spiro atoms. The lowest BCUT2D eigenvalue weighted by molar-refractivity contribution is 0.0518. The molecule has 0 aliphatic heterocycles. The lowest BCUT2D eigenvalue weighted by Gasteiger charge is -2.07. The van der Waals surface area contributed by atoms with E-state index in [4.69, 9.17) is 4.74 Å². The third-order valence-corrected chi connectivity index (χ3v) is 4.15. The van der Waals surface area contributed by atoms with Crippen LogP contribution in [0, 0.1) is 11.3 Å². The molecule has 2 aliphatic carbocycles. The van der Waals surface area contributed by atoms with Crippen LogP contribution < -0.4 is 0 Å². The van der Waals surface area contributed by atoms with Gasteiger partial charge in [-0.3, -0.25) is 5.10 Å². The zero-order valence-electron chi connectivity index (χ0n) is 9.83. The first kappa shape index (κ1) is 9.87. The molecule has 86 valence electrons. The normalized spacial score (nSPS) is 28.4. The topological polar surface area (TPSA) is 55.0 Å². The Morgan fingerprint density at radius 1 is 1.62 bits per heavy atom. The van der Waals surface area contributed by atoms with E-state index in [1.54, 1.807) is 0 Å². The number of carbonyl (C=O) groups excluding carboxylic acids is 1. The van der Waals surface area contributed by atoms with Gasteiger partial charge in [-0.15, -0.1) is 0 Å². The third kappa shape index (κ3) is 1.05. The van der Waals surface area contributed by atoms with Crippen LogP contribution in [-0.4, -0.2) is 22.8 Å². The summed E-state index contributed by atoms with van der Waals surface area (Å²) in [5.74, 6) is 0.949. The highest BCUT2D eigenvalue weighted by Gasteiger charge is 2.64. The Balaban J connectivity index is 1.92. The van der Waals surface area contributed by atoms with E-state index in [0.29, 0.717) is 29.6 Å². The molecule has 4 heteroatoms. The van der Waals surface area contributed by atoms with Crippen LogP contribution in [0.1, 0.15) is 48.4 Å². The summed E-state index contributed by atoms with van der Waals surface area (Å²) in [5, 5.41) is 7.12. The van der Waals surface area contributed by atoms with Crippen molar-refractivity contribution in [3.05, 3.63) is 17.0 Å². The zero-order valence-corrected chi connectivity index (χ0v) is 9.83. The second-order valence-corrected chi connectivity index (χ2v) is 5.29. The molecule has 2 aliphatic rings. The number of hydrogen-bond donors (Lipinski definition) is 1. The van der Waals surface area contributed by atoms with Gasteiger partial charge < -0.3 is 4.74 Å². The Morgan fingerprint density at radius 2 is 2.38 bits per heavy atom. The Kier molecular flexibility index (Phi) is 1.77. The molecule has 0 unspecified atom stereocenters. The highest BCUT2D eigenvalue weighted by atomic mass is 16.5. The highest BCUT2D eigenvalue weighted by molar-refractivity contribution is 5.89. The van der Waals surface area contributed by atoms with Crippen LogP contribution in [0.5, 0.6) is 0 Å².